The van der Waals surface area contributed by atoms with E-state index in [9.17, 15) is 0 Å². The molecule has 0 spiro atoms. The summed E-state index contributed by atoms with van der Waals surface area (Å²) in [6, 6.07) is 36.5. The quantitative estimate of drug-likeness (QED) is 0.201. The van der Waals surface area contributed by atoms with Crippen LogP contribution in [0, 0.1) is 0 Å². The van der Waals surface area contributed by atoms with Gasteiger partial charge in [-0.15, -0.1) is 11.3 Å². The Morgan fingerprint density at radius 3 is 2.32 bits per heavy atom. The smallest absolute Gasteiger partial charge is 0.235 e. The van der Waals surface area contributed by atoms with E-state index < -0.39 is 0 Å². The minimum Gasteiger partial charge on any atom is -0.275 e. The number of rotatable bonds is 1. The number of fused-ring (bicyclic) bond motifs is 12. The van der Waals surface area contributed by atoms with Crippen LogP contribution < -0.4 is 0 Å². The van der Waals surface area contributed by atoms with Crippen LogP contribution in [0.15, 0.2) is 119 Å². The van der Waals surface area contributed by atoms with Gasteiger partial charge in [-0.1, -0.05) is 78.5 Å². The molecule has 190 valence electrons. The monoisotopic (exact) mass is 558 g/mol. The number of thiophene rings is 1. The second-order valence-electron chi connectivity index (χ2n) is 10.4. The van der Waals surface area contributed by atoms with Crippen molar-refractivity contribution in [3.63, 3.8) is 0 Å². The largest absolute Gasteiger partial charge is 0.275 e. The first-order valence-electron chi connectivity index (χ1n) is 13.5. The number of aromatic nitrogens is 4. The average Bonchev–Trinajstić information content (AvgIpc) is 3.58. The van der Waals surface area contributed by atoms with Crippen molar-refractivity contribution in [3.05, 3.63) is 109 Å². The van der Waals surface area contributed by atoms with E-state index in [1.807, 2.05) is 23.6 Å². The van der Waals surface area contributed by atoms with Gasteiger partial charge >= 0.3 is 0 Å². The summed E-state index contributed by atoms with van der Waals surface area (Å²) in [7, 11) is 0. The van der Waals surface area contributed by atoms with Crippen molar-refractivity contribution in [2.75, 3.05) is 0 Å². The number of hydrogen-bond donors (Lipinski definition) is 0. The third-order valence-corrected chi connectivity index (χ3v) is 10.5. The fourth-order valence-electron chi connectivity index (χ4n) is 6.58. The molecule has 10 rings (SSSR count). The molecule has 6 heteroatoms. The maximum atomic E-state index is 5.37. The fraction of sp³-hybridized carbons (Fsp3) is 0. The van der Waals surface area contributed by atoms with Crippen LogP contribution in [-0.4, -0.2) is 19.5 Å². The topological polar surface area (TPSA) is 43.6 Å². The van der Waals surface area contributed by atoms with Gasteiger partial charge in [-0.25, -0.2) is 9.97 Å². The van der Waals surface area contributed by atoms with Crippen LogP contribution in [0.2, 0.25) is 0 Å². The molecule has 0 radical (unpaired) electrons. The highest BCUT2D eigenvalue weighted by atomic mass is 32.2. The third kappa shape index (κ3) is 2.83. The molecule has 5 heterocycles. The molecular formula is C35H18N4S2. The molecule has 0 unspecified atom stereocenters. The van der Waals surface area contributed by atoms with Crippen molar-refractivity contribution in [3.8, 4) is 17.2 Å². The lowest BCUT2D eigenvalue weighted by Gasteiger charge is -2.20. The number of pyridine rings is 1. The Labute approximate surface area is 241 Å². The molecule has 0 fully saturated rings. The minimum absolute atomic E-state index is 0.674. The SMILES string of the molecule is c1ccc2c(c1)Sc1cccc3nc(-n4c5cccnc5c5c6ccccc6c6c7ccccc7sc6c54)nc-2c13. The van der Waals surface area contributed by atoms with Gasteiger partial charge < -0.3 is 0 Å². The summed E-state index contributed by atoms with van der Waals surface area (Å²) >= 11 is 3.63. The van der Waals surface area contributed by atoms with Crippen LogP contribution in [-0.2, 0) is 0 Å². The number of nitrogens with zero attached hydrogens (tertiary/aromatic N) is 4. The summed E-state index contributed by atoms with van der Waals surface area (Å²) in [5.41, 5.74) is 6.20. The second kappa shape index (κ2) is 7.91. The maximum absolute atomic E-state index is 5.37. The van der Waals surface area contributed by atoms with E-state index in [0.29, 0.717) is 5.95 Å². The van der Waals surface area contributed by atoms with Gasteiger partial charge in [0.1, 0.15) is 0 Å². The Balaban J connectivity index is 1.46. The second-order valence-corrected chi connectivity index (χ2v) is 12.5. The van der Waals surface area contributed by atoms with E-state index in [4.69, 9.17) is 15.0 Å². The highest BCUT2D eigenvalue weighted by Crippen LogP contribution is 2.49. The number of benzene rings is 5. The third-order valence-electron chi connectivity index (χ3n) is 8.24. The average molecular weight is 559 g/mol. The van der Waals surface area contributed by atoms with E-state index in [0.717, 1.165) is 44.1 Å². The summed E-state index contributed by atoms with van der Waals surface area (Å²) in [5, 5.41) is 7.28. The normalized spacial score (nSPS) is 12.8. The van der Waals surface area contributed by atoms with Crippen molar-refractivity contribution in [2.24, 2.45) is 0 Å². The van der Waals surface area contributed by atoms with E-state index in [1.54, 1.807) is 11.8 Å². The van der Waals surface area contributed by atoms with Crippen molar-refractivity contribution in [1.82, 2.24) is 19.5 Å². The van der Waals surface area contributed by atoms with E-state index in [1.165, 1.54) is 40.7 Å². The summed E-state index contributed by atoms with van der Waals surface area (Å²) in [4.78, 5) is 18.0. The van der Waals surface area contributed by atoms with Gasteiger partial charge in [0.2, 0.25) is 5.95 Å². The Morgan fingerprint density at radius 2 is 1.39 bits per heavy atom. The van der Waals surface area contributed by atoms with Crippen LogP contribution in [0.4, 0.5) is 0 Å². The molecule has 0 saturated carbocycles. The lowest BCUT2D eigenvalue weighted by Crippen LogP contribution is -2.05. The van der Waals surface area contributed by atoms with Crippen molar-refractivity contribution in [1.29, 1.82) is 0 Å². The Hall–Kier alpha value is -4.78. The van der Waals surface area contributed by atoms with Gasteiger partial charge in [-0.3, -0.25) is 9.55 Å². The lowest BCUT2D eigenvalue weighted by molar-refractivity contribution is 1.01. The van der Waals surface area contributed by atoms with E-state index in [2.05, 4.69) is 102 Å². The summed E-state index contributed by atoms with van der Waals surface area (Å²) in [6.45, 7) is 0. The van der Waals surface area contributed by atoms with Crippen LogP contribution in [0.25, 0.3) is 81.0 Å². The summed E-state index contributed by atoms with van der Waals surface area (Å²) < 4.78 is 4.77. The molecule has 1 aliphatic heterocycles. The summed E-state index contributed by atoms with van der Waals surface area (Å²) in [6.07, 6.45) is 1.89. The minimum atomic E-state index is 0.674. The zero-order valence-electron chi connectivity index (χ0n) is 21.5. The van der Waals surface area contributed by atoms with Gasteiger partial charge in [0.15, 0.2) is 0 Å². The van der Waals surface area contributed by atoms with Crippen molar-refractivity contribution >= 4 is 86.9 Å². The molecule has 0 atom stereocenters. The molecule has 0 saturated heterocycles. The molecule has 4 aromatic heterocycles. The van der Waals surface area contributed by atoms with Gasteiger partial charge in [-0.2, -0.15) is 0 Å². The zero-order valence-corrected chi connectivity index (χ0v) is 23.1. The fourth-order valence-corrected chi connectivity index (χ4v) is 8.95. The first kappa shape index (κ1) is 22.0. The molecule has 4 nitrogen and oxygen atoms in total. The lowest BCUT2D eigenvalue weighted by atomic mass is 10.00. The molecule has 5 aromatic carbocycles. The summed E-state index contributed by atoms with van der Waals surface area (Å²) in [5.74, 6) is 0.674. The van der Waals surface area contributed by atoms with Crippen molar-refractivity contribution in [2.45, 2.75) is 9.79 Å². The molecular weight excluding hydrogens is 541 g/mol. The van der Waals surface area contributed by atoms with Crippen LogP contribution in [0.1, 0.15) is 0 Å². The molecule has 1 aliphatic rings. The predicted octanol–water partition coefficient (Wildman–Crippen LogP) is 9.77. The van der Waals surface area contributed by atoms with E-state index in [-0.39, 0.29) is 0 Å². The van der Waals surface area contributed by atoms with Gasteiger partial charge in [0.05, 0.1) is 32.5 Å². The van der Waals surface area contributed by atoms with Crippen LogP contribution in [0.5, 0.6) is 0 Å². The van der Waals surface area contributed by atoms with Gasteiger partial charge in [-0.05, 0) is 47.2 Å². The molecule has 9 aromatic rings. The van der Waals surface area contributed by atoms with E-state index >= 15 is 0 Å². The molecule has 0 amide bonds. The highest BCUT2D eigenvalue weighted by molar-refractivity contribution is 7.99. The molecule has 0 N–H and O–H groups in total. The highest BCUT2D eigenvalue weighted by Gasteiger charge is 2.26. The van der Waals surface area contributed by atoms with Crippen LogP contribution >= 0.6 is 23.1 Å². The zero-order chi connectivity index (χ0) is 26.7. The van der Waals surface area contributed by atoms with Crippen LogP contribution in [0.3, 0.4) is 0 Å². The number of hydrogen-bond acceptors (Lipinski definition) is 5. The Morgan fingerprint density at radius 1 is 0.610 bits per heavy atom. The van der Waals surface area contributed by atoms with Gasteiger partial charge in [0.25, 0.3) is 0 Å². The first-order chi connectivity index (χ1) is 20.3. The molecule has 0 bridgehead atoms. The maximum Gasteiger partial charge on any atom is 0.235 e. The molecule has 41 heavy (non-hydrogen) atoms. The van der Waals surface area contributed by atoms with Crippen molar-refractivity contribution < 1.29 is 0 Å². The standard InChI is InChI=1S/C35H18N4S2/c1-2-10-20-19(9-1)28-21-11-3-5-15-25(21)41-34(28)33-29(20)32-24(14-8-18-36-32)39(33)35-37-23-13-7-17-27-30(23)31(38-35)22-12-4-6-16-26(22)40-27/h1-18H. The molecule has 0 aliphatic carbocycles. The Bertz CT molecular complexity index is 2580. The first-order valence-corrected chi connectivity index (χ1v) is 15.2. The van der Waals surface area contributed by atoms with Gasteiger partial charge in [0, 0.05) is 47.8 Å². The Kier molecular flexibility index (Phi) is 4.24. The predicted molar refractivity (Wildman–Crippen MR) is 172 cm³/mol.